The van der Waals surface area contributed by atoms with Gasteiger partial charge in [0.2, 0.25) is 0 Å². The van der Waals surface area contributed by atoms with Crippen molar-refractivity contribution in [2.45, 2.75) is 26.3 Å². The standard InChI is InChI=1S/C21H29FN6/c1-3-4-6-26-19-10-16(17(22)11-18(19)23)12-27-20-13-24-7-5-21(20)28-9-8-25-15(2)14-28/h4-6,10-11,13,15,23-25,27H,3,7-9,12,14H2,1-2H3/b6-4-,23-18?,26-19?. The lowest BCUT2D eigenvalue weighted by atomic mass is 10.0. The summed E-state index contributed by atoms with van der Waals surface area (Å²) in [4.78, 5) is 6.63. The van der Waals surface area contributed by atoms with E-state index in [2.05, 4.69) is 38.8 Å². The number of nitrogens with zero attached hydrogens (tertiary/aromatic N) is 2. The molecule has 0 saturated carbocycles. The number of rotatable bonds is 6. The predicted octanol–water partition coefficient (Wildman–Crippen LogP) is 2.38. The molecule has 6 nitrogen and oxygen atoms in total. The summed E-state index contributed by atoms with van der Waals surface area (Å²) >= 11 is 0. The summed E-state index contributed by atoms with van der Waals surface area (Å²) in [5.41, 5.74) is 3.18. The van der Waals surface area contributed by atoms with Gasteiger partial charge in [-0.15, -0.1) is 0 Å². The summed E-state index contributed by atoms with van der Waals surface area (Å²) in [6.45, 7) is 8.16. The molecule has 1 aliphatic carbocycles. The Kier molecular flexibility index (Phi) is 6.81. The number of nitrogens with one attached hydrogen (secondary N) is 4. The van der Waals surface area contributed by atoms with Crippen molar-refractivity contribution in [2.24, 2.45) is 4.99 Å². The highest BCUT2D eigenvalue weighted by molar-refractivity contribution is 6.50. The van der Waals surface area contributed by atoms with Gasteiger partial charge in [-0.25, -0.2) is 4.39 Å². The van der Waals surface area contributed by atoms with Gasteiger partial charge in [0.1, 0.15) is 5.83 Å². The fourth-order valence-corrected chi connectivity index (χ4v) is 3.37. The van der Waals surface area contributed by atoms with Crippen LogP contribution in [0.5, 0.6) is 0 Å². The summed E-state index contributed by atoms with van der Waals surface area (Å²) in [5.74, 6) is -0.387. The van der Waals surface area contributed by atoms with E-state index >= 15 is 0 Å². The summed E-state index contributed by atoms with van der Waals surface area (Å²) in [6, 6.07) is 0.438. The van der Waals surface area contributed by atoms with Gasteiger partial charge in [-0.05, 0) is 25.5 Å². The van der Waals surface area contributed by atoms with Crippen molar-refractivity contribution in [2.75, 3.05) is 32.7 Å². The molecule has 7 heteroatoms. The van der Waals surface area contributed by atoms with Crippen molar-refractivity contribution in [1.29, 1.82) is 5.41 Å². The van der Waals surface area contributed by atoms with E-state index in [1.807, 2.05) is 19.2 Å². The number of dihydropyridines is 1. The van der Waals surface area contributed by atoms with Gasteiger partial charge >= 0.3 is 0 Å². The van der Waals surface area contributed by atoms with Crippen molar-refractivity contribution < 1.29 is 4.39 Å². The molecule has 2 heterocycles. The molecule has 0 aromatic carbocycles. The van der Waals surface area contributed by atoms with Crippen LogP contribution in [0.3, 0.4) is 0 Å². The highest BCUT2D eigenvalue weighted by Crippen LogP contribution is 2.20. The predicted molar refractivity (Wildman–Crippen MR) is 113 cm³/mol. The smallest absolute Gasteiger partial charge is 0.130 e. The van der Waals surface area contributed by atoms with E-state index < -0.39 is 0 Å². The van der Waals surface area contributed by atoms with Gasteiger partial charge in [-0.3, -0.25) is 10.4 Å². The summed E-state index contributed by atoms with van der Waals surface area (Å²) in [5, 5.41) is 18.0. The maximum Gasteiger partial charge on any atom is 0.130 e. The molecule has 1 fully saturated rings. The van der Waals surface area contributed by atoms with E-state index in [9.17, 15) is 4.39 Å². The zero-order chi connectivity index (χ0) is 19.9. The molecule has 150 valence electrons. The van der Waals surface area contributed by atoms with Crippen molar-refractivity contribution in [3.63, 3.8) is 0 Å². The van der Waals surface area contributed by atoms with Crippen molar-refractivity contribution >= 4 is 11.4 Å². The molecule has 28 heavy (non-hydrogen) atoms. The molecule has 0 aromatic heterocycles. The van der Waals surface area contributed by atoms with Crippen LogP contribution in [-0.4, -0.2) is 55.1 Å². The van der Waals surface area contributed by atoms with Gasteiger partial charge in [0.05, 0.1) is 22.8 Å². The van der Waals surface area contributed by atoms with Crippen LogP contribution < -0.4 is 16.0 Å². The fraction of sp³-hybridized carbons (Fsp3) is 0.429. The van der Waals surface area contributed by atoms with Crippen LogP contribution in [-0.2, 0) is 0 Å². The van der Waals surface area contributed by atoms with Crippen LogP contribution in [0.15, 0.2) is 64.5 Å². The molecule has 2 aliphatic heterocycles. The Balaban J connectivity index is 1.70. The molecule has 0 bridgehead atoms. The largest absolute Gasteiger partial charge is 0.386 e. The molecule has 1 saturated heterocycles. The van der Waals surface area contributed by atoms with Crippen LogP contribution in [0.25, 0.3) is 0 Å². The second-order valence-corrected chi connectivity index (χ2v) is 7.09. The van der Waals surface area contributed by atoms with Gasteiger partial charge in [0.15, 0.2) is 0 Å². The Labute approximate surface area is 166 Å². The van der Waals surface area contributed by atoms with Gasteiger partial charge in [-0.2, -0.15) is 0 Å². The summed E-state index contributed by atoms with van der Waals surface area (Å²) in [7, 11) is 0. The maximum atomic E-state index is 14.4. The zero-order valence-electron chi connectivity index (χ0n) is 16.6. The maximum absolute atomic E-state index is 14.4. The van der Waals surface area contributed by atoms with Crippen molar-refractivity contribution in [3.05, 3.63) is 59.5 Å². The third-order valence-electron chi connectivity index (χ3n) is 4.83. The molecule has 4 N–H and O–H groups in total. The van der Waals surface area contributed by atoms with E-state index in [1.165, 1.54) is 6.08 Å². The lowest BCUT2D eigenvalue weighted by Crippen LogP contribution is -2.50. The van der Waals surface area contributed by atoms with Gasteiger partial charge < -0.3 is 20.9 Å². The van der Waals surface area contributed by atoms with Crippen LogP contribution in [0.2, 0.25) is 0 Å². The zero-order valence-corrected chi connectivity index (χ0v) is 16.6. The average molecular weight is 385 g/mol. The average Bonchev–Trinajstić information content (AvgIpc) is 2.69. The molecule has 3 aliphatic rings. The van der Waals surface area contributed by atoms with Gasteiger partial charge in [-0.1, -0.05) is 13.0 Å². The normalized spacial score (nSPS) is 24.5. The second-order valence-electron chi connectivity index (χ2n) is 7.09. The second kappa shape index (κ2) is 9.50. The van der Waals surface area contributed by atoms with Crippen molar-refractivity contribution in [1.82, 2.24) is 20.9 Å². The number of hydrogen-bond acceptors (Lipinski definition) is 6. The van der Waals surface area contributed by atoms with Crippen LogP contribution in [0, 0.1) is 5.41 Å². The Morgan fingerprint density at radius 3 is 3.07 bits per heavy atom. The van der Waals surface area contributed by atoms with E-state index in [4.69, 9.17) is 5.41 Å². The Morgan fingerprint density at radius 1 is 1.43 bits per heavy atom. The van der Waals surface area contributed by atoms with E-state index in [0.29, 0.717) is 23.9 Å². The molecule has 1 atom stereocenters. The Morgan fingerprint density at radius 2 is 2.29 bits per heavy atom. The molecule has 0 aromatic rings. The molecular formula is C21H29FN6. The highest BCUT2D eigenvalue weighted by Gasteiger charge is 2.22. The van der Waals surface area contributed by atoms with Crippen molar-refractivity contribution in [3.8, 4) is 0 Å². The Bertz CT molecular complexity index is 787. The molecule has 0 spiro atoms. The minimum absolute atomic E-state index is 0.0935. The highest BCUT2D eigenvalue weighted by atomic mass is 19.1. The monoisotopic (exact) mass is 384 g/mol. The number of aliphatic imine (C=N–C) groups is 1. The van der Waals surface area contributed by atoms with Gasteiger partial charge in [0, 0.05) is 62.8 Å². The van der Waals surface area contributed by atoms with Crippen LogP contribution in [0.4, 0.5) is 4.39 Å². The van der Waals surface area contributed by atoms with E-state index in [1.54, 1.807) is 12.3 Å². The molecule has 0 radical (unpaired) electrons. The Hall–Kier alpha value is -2.67. The quantitative estimate of drug-likeness (QED) is 0.531. The first-order valence-corrected chi connectivity index (χ1v) is 9.84. The molecule has 0 amide bonds. The van der Waals surface area contributed by atoms with Crippen LogP contribution >= 0.6 is 0 Å². The van der Waals surface area contributed by atoms with Gasteiger partial charge in [0.25, 0.3) is 0 Å². The molecule has 3 rings (SSSR count). The summed E-state index contributed by atoms with van der Waals surface area (Å²) in [6.07, 6.45) is 11.4. The molecule has 1 unspecified atom stereocenters. The lowest BCUT2D eigenvalue weighted by Gasteiger charge is -2.37. The number of halogens is 1. The minimum Gasteiger partial charge on any atom is -0.386 e. The third kappa shape index (κ3) is 4.98. The molecular weight excluding hydrogens is 355 g/mol. The van der Waals surface area contributed by atoms with E-state index in [-0.39, 0.29) is 11.5 Å². The first kappa shape index (κ1) is 20.1. The third-order valence-corrected chi connectivity index (χ3v) is 4.83. The minimum atomic E-state index is -0.387. The topological polar surface area (TPSA) is 75.5 Å². The first-order chi connectivity index (χ1) is 13.6. The SMILES string of the molecule is CC/C=C\N=C1C=C(CNC2=CNCC=C2N2CCNC(C)C2)C(F)=CC1=N. The summed E-state index contributed by atoms with van der Waals surface area (Å²) < 4.78 is 14.4. The van der Waals surface area contributed by atoms with Crippen LogP contribution in [0.1, 0.15) is 20.3 Å². The van der Waals surface area contributed by atoms with E-state index in [0.717, 1.165) is 44.0 Å². The number of allylic oxidation sites excluding steroid dienone is 3. The fourth-order valence-electron chi connectivity index (χ4n) is 3.37. The number of hydrogen-bond donors (Lipinski definition) is 4. The lowest BCUT2D eigenvalue weighted by molar-refractivity contribution is 0.256. The first-order valence-electron chi connectivity index (χ1n) is 9.84. The number of piperazine rings is 1.